The number of carbonyl (C=O) groups is 2. The van der Waals surface area contributed by atoms with Gasteiger partial charge in [-0.3, -0.25) is 0 Å². The van der Waals surface area contributed by atoms with Gasteiger partial charge in [0.2, 0.25) is 16.8 Å². The van der Waals surface area contributed by atoms with E-state index in [0.29, 0.717) is 35.8 Å². The molecule has 2 fully saturated rings. The molecule has 46 heavy (non-hydrogen) atoms. The Kier molecular flexibility index (Phi) is 10.6. The summed E-state index contributed by atoms with van der Waals surface area (Å²) < 4.78 is 61.7. The number of fused-ring (bicyclic) bond motifs is 2. The molecule has 252 valence electrons. The number of alkyl carbamates (subject to hydrolysis) is 1. The minimum absolute atomic E-state index is 0.00280. The maximum atomic E-state index is 13.9. The van der Waals surface area contributed by atoms with Gasteiger partial charge in [0.1, 0.15) is 11.9 Å². The van der Waals surface area contributed by atoms with Gasteiger partial charge in [0.05, 0.1) is 36.2 Å². The van der Waals surface area contributed by atoms with Gasteiger partial charge < -0.3 is 43.7 Å². The second-order valence-corrected chi connectivity index (χ2v) is 14.1. The van der Waals surface area contributed by atoms with E-state index in [1.165, 1.54) is 27.4 Å². The summed E-state index contributed by atoms with van der Waals surface area (Å²) in [5.41, 5.74) is 0.691. The third-order valence-corrected chi connectivity index (χ3v) is 9.73. The fraction of sp³-hybridized carbons (Fsp3) is 0.548. The molecular formula is C31H41N3O11S. The average Bonchev–Trinajstić information content (AvgIpc) is 3.75. The minimum atomic E-state index is -4.09. The number of nitrogens with one attached hydrogen (secondary N) is 1. The Morgan fingerprint density at radius 1 is 1.04 bits per heavy atom. The lowest BCUT2D eigenvalue weighted by atomic mass is 10.0. The molecular weight excluding hydrogens is 622 g/mol. The van der Waals surface area contributed by atoms with E-state index in [1.807, 2.05) is 13.8 Å². The molecule has 2 saturated heterocycles. The summed E-state index contributed by atoms with van der Waals surface area (Å²) in [6.45, 7) is 4.24. The monoisotopic (exact) mass is 663 g/mol. The van der Waals surface area contributed by atoms with Crippen molar-refractivity contribution in [3.63, 3.8) is 0 Å². The Morgan fingerprint density at radius 2 is 1.78 bits per heavy atom. The fourth-order valence-electron chi connectivity index (χ4n) is 5.49. The number of rotatable bonds is 12. The van der Waals surface area contributed by atoms with E-state index >= 15 is 0 Å². The predicted octanol–water partition coefficient (Wildman–Crippen LogP) is 2.58. The Morgan fingerprint density at radius 3 is 2.50 bits per heavy atom. The lowest BCUT2D eigenvalue weighted by Gasteiger charge is -2.31. The summed E-state index contributed by atoms with van der Waals surface area (Å²) in [6.07, 6.45) is -2.76. The van der Waals surface area contributed by atoms with Crippen LogP contribution >= 0.6 is 0 Å². The highest BCUT2D eigenvalue weighted by Gasteiger charge is 2.44. The van der Waals surface area contributed by atoms with Gasteiger partial charge in [0, 0.05) is 33.3 Å². The predicted molar refractivity (Wildman–Crippen MR) is 163 cm³/mol. The van der Waals surface area contributed by atoms with Crippen LogP contribution in [0.5, 0.6) is 17.2 Å². The van der Waals surface area contributed by atoms with Crippen LogP contribution in [0.1, 0.15) is 25.8 Å². The van der Waals surface area contributed by atoms with Crippen molar-refractivity contribution in [1.82, 2.24) is 14.5 Å². The van der Waals surface area contributed by atoms with E-state index in [4.69, 9.17) is 28.4 Å². The highest BCUT2D eigenvalue weighted by atomic mass is 32.2. The van der Waals surface area contributed by atoms with E-state index in [-0.39, 0.29) is 49.6 Å². The average molecular weight is 664 g/mol. The zero-order valence-corrected chi connectivity index (χ0v) is 27.1. The van der Waals surface area contributed by atoms with Crippen LogP contribution in [0.25, 0.3) is 0 Å². The van der Waals surface area contributed by atoms with E-state index in [9.17, 15) is 23.1 Å². The molecule has 0 radical (unpaired) electrons. The highest BCUT2D eigenvalue weighted by molar-refractivity contribution is 7.89. The van der Waals surface area contributed by atoms with Crippen LogP contribution in [0.3, 0.4) is 0 Å². The molecule has 5 unspecified atom stereocenters. The quantitative estimate of drug-likeness (QED) is 0.343. The van der Waals surface area contributed by atoms with Crippen LogP contribution in [-0.4, -0.2) is 107 Å². The molecule has 14 nitrogen and oxygen atoms in total. The van der Waals surface area contributed by atoms with Crippen LogP contribution in [-0.2, 0) is 30.7 Å². The number of hydrogen-bond acceptors (Lipinski definition) is 11. The molecule has 15 heteroatoms. The van der Waals surface area contributed by atoms with E-state index in [1.54, 1.807) is 38.4 Å². The number of sulfonamides is 1. The first kappa shape index (κ1) is 33.7. The van der Waals surface area contributed by atoms with Gasteiger partial charge in [-0.05, 0) is 48.6 Å². The number of ether oxygens (including phenoxy) is 6. The molecule has 3 heterocycles. The first-order valence-electron chi connectivity index (χ1n) is 15.2. The van der Waals surface area contributed by atoms with Crippen molar-refractivity contribution < 1.29 is 51.5 Å². The van der Waals surface area contributed by atoms with Crippen LogP contribution in [0.15, 0.2) is 47.4 Å². The zero-order chi connectivity index (χ0) is 33.0. The van der Waals surface area contributed by atoms with Crippen molar-refractivity contribution in [2.24, 2.45) is 11.8 Å². The normalized spacial score (nSPS) is 21.6. The minimum Gasteiger partial charge on any atom is -0.454 e. The van der Waals surface area contributed by atoms with Gasteiger partial charge in [0.15, 0.2) is 17.8 Å². The van der Waals surface area contributed by atoms with Crippen molar-refractivity contribution in [2.75, 3.05) is 47.2 Å². The number of aliphatic hydroxyl groups excluding tert-OH is 1. The number of benzene rings is 2. The van der Waals surface area contributed by atoms with Gasteiger partial charge >= 0.3 is 12.2 Å². The van der Waals surface area contributed by atoms with Crippen LogP contribution in [0.4, 0.5) is 9.59 Å². The first-order valence-corrected chi connectivity index (χ1v) is 16.6. The smallest absolute Gasteiger partial charge is 0.414 e. The number of carbonyl (C=O) groups excluding carboxylic acids is 2. The fourth-order valence-corrected chi connectivity index (χ4v) is 7.13. The summed E-state index contributed by atoms with van der Waals surface area (Å²) in [5, 5.41) is 14.3. The molecule has 5 atom stereocenters. The molecule has 3 aliphatic heterocycles. The summed E-state index contributed by atoms with van der Waals surface area (Å²) in [4.78, 5) is 26.4. The molecule has 2 N–H and O–H groups in total. The SMILES string of the molecule is CC(C)CN(CC(O)C(Cc1ccc(OC(=O)N(C)C)cc1)NC(=O)OC1COC2OCCC12)S(=O)(=O)c1ccc2c(c1)OCO2. The standard InChI is InChI=1S/C31H41N3O11S/c1-19(2)15-34(46(38,39)22-9-10-26-27(14-22)43-18-42-26)16-25(35)24(13-20-5-7-21(8-6-20)44-31(37)33(3)4)32-30(36)45-28-17-41-29-23(28)11-12-40-29/h5-10,14,19,23-25,28-29,35H,11-13,15-18H2,1-4H3,(H,32,36). The second-order valence-electron chi connectivity index (χ2n) is 12.1. The summed E-state index contributed by atoms with van der Waals surface area (Å²) in [6, 6.07) is 10.0. The van der Waals surface area contributed by atoms with Crippen LogP contribution in [0, 0.1) is 11.8 Å². The summed E-state index contributed by atoms with van der Waals surface area (Å²) in [7, 11) is -0.950. The van der Waals surface area contributed by atoms with Gasteiger partial charge in [-0.15, -0.1) is 0 Å². The Bertz CT molecular complexity index is 1490. The molecule has 0 aliphatic carbocycles. The molecule has 2 aromatic carbocycles. The largest absolute Gasteiger partial charge is 0.454 e. The Labute approximate surface area is 268 Å². The lowest BCUT2D eigenvalue weighted by Crippen LogP contribution is -2.51. The van der Waals surface area contributed by atoms with Gasteiger partial charge in [-0.2, -0.15) is 4.31 Å². The summed E-state index contributed by atoms with van der Waals surface area (Å²) >= 11 is 0. The molecule has 2 aromatic rings. The number of aliphatic hydroxyl groups is 1. The van der Waals surface area contributed by atoms with E-state index in [0.717, 1.165) is 0 Å². The Balaban J connectivity index is 1.34. The number of amides is 2. The molecule has 0 bridgehead atoms. The third-order valence-electron chi connectivity index (χ3n) is 7.90. The van der Waals surface area contributed by atoms with E-state index in [2.05, 4.69) is 5.32 Å². The highest BCUT2D eigenvalue weighted by Crippen LogP contribution is 2.35. The topological polar surface area (TPSA) is 162 Å². The van der Waals surface area contributed by atoms with Crippen LogP contribution in [0.2, 0.25) is 0 Å². The molecule has 0 spiro atoms. The van der Waals surface area contributed by atoms with Gasteiger partial charge in [0.25, 0.3) is 0 Å². The first-order chi connectivity index (χ1) is 21.9. The van der Waals surface area contributed by atoms with Gasteiger partial charge in [-0.25, -0.2) is 18.0 Å². The number of hydrogen-bond donors (Lipinski definition) is 2. The molecule has 0 aromatic heterocycles. The van der Waals surface area contributed by atoms with Crippen molar-refractivity contribution in [2.45, 2.75) is 56.1 Å². The van der Waals surface area contributed by atoms with Crippen molar-refractivity contribution >= 4 is 22.2 Å². The van der Waals surface area contributed by atoms with E-state index < -0.39 is 46.7 Å². The Hall–Kier alpha value is -3.63. The molecule has 5 rings (SSSR count). The zero-order valence-electron chi connectivity index (χ0n) is 26.3. The molecule has 0 saturated carbocycles. The molecule has 3 aliphatic rings. The van der Waals surface area contributed by atoms with Crippen LogP contribution < -0.4 is 19.5 Å². The van der Waals surface area contributed by atoms with Crippen molar-refractivity contribution in [3.05, 3.63) is 48.0 Å². The van der Waals surface area contributed by atoms with Gasteiger partial charge in [-0.1, -0.05) is 26.0 Å². The third kappa shape index (κ3) is 8.01. The maximum absolute atomic E-state index is 13.9. The molecule has 2 amide bonds. The van der Waals surface area contributed by atoms with Crippen molar-refractivity contribution in [1.29, 1.82) is 0 Å². The lowest BCUT2D eigenvalue weighted by molar-refractivity contribution is -0.0907. The second kappa shape index (κ2) is 14.4. The maximum Gasteiger partial charge on any atom is 0.414 e. The van der Waals surface area contributed by atoms with Crippen molar-refractivity contribution in [3.8, 4) is 17.2 Å². The summed E-state index contributed by atoms with van der Waals surface area (Å²) in [5.74, 6) is 0.926. The number of nitrogens with zero attached hydrogens (tertiary/aromatic N) is 2.